The number of imidazole rings is 1. The average molecular weight is 881 g/mol. The molecule has 12 N–H and O–H groups in total. The Morgan fingerprint density at radius 1 is 1.07 bits per heavy atom. The summed E-state index contributed by atoms with van der Waals surface area (Å²) in [6, 6.07) is -0.576. The van der Waals surface area contributed by atoms with Crippen molar-refractivity contribution in [1.82, 2.24) is 30.2 Å². The molecule has 1 saturated heterocycles. The van der Waals surface area contributed by atoms with Gasteiger partial charge >= 0.3 is 23.5 Å². The number of nitrogens with zero attached hydrogens (tertiary/aromatic N) is 4. The molecule has 8 atom stereocenters. The van der Waals surface area contributed by atoms with Crippen LogP contribution in [0, 0.1) is 5.41 Å². The van der Waals surface area contributed by atoms with Crippen LogP contribution in [-0.4, -0.2) is 129 Å². The third-order valence-electron chi connectivity index (χ3n) is 7.92. The fraction of sp³-hybridized carbons (Fsp3) is 0.704. The fourth-order valence-corrected chi connectivity index (χ4v) is 8.50. The molecule has 1 fully saturated rings. The molecule has 2 amide bonds. The predicted molar refractivity (Wildman–Crippen MR) is 195 cm³/mol. The summed E-state index contributed by atoms with van der Waals surface area (Å²) in [5.41, 5.74) is 10.1. The van der Waals surface area contributed by atoms with E-state index < -0.39 is 90.6 Å². The van der Waals surface area contributed by atoms with Crippen LogP contribution in [0.25, 0.3) is 11.2 Å². The number of carbonyl (C=O) groups is 3. The molecule has 2 aromatic heterocycles. The van der Waals surface area contributed by atoms with Crippen molar-refractivity contribution in [3.05, 3.63) is 12.7 Å². The molecule has 29 heteroatoms. The summed E-state index contributed by atoms with van der Waals surface area (Å²) in [7, 11) is -16.4. The molecule has 3 rings (SSSR count). The van der Waals surface area contributed by atoms with Crippen LogP contribution in [0.4, 0.5) is 5.82 Å². The van der Waals surface area contributed by atoms with Gasteiger partial charge in [0.2, 0.25) is 16.9 Å². The van der Waals surface area contributed by atoms with Crippen molar-refractivity contribution in [2.24, 2.45) is 11.1 Å². The van der Waals surface area contributed by atoms with Crippen LogP contribution in [0.2, 0.25) is 0 Å². The van der Waals surface area contributed by atoms with Gasteiger partial charge in [0.05, 0.1) is 25.6 Å². The van der Waals surface area contributed by atoms with Gasteiger partial charge in [0, 0.05) is 30.7 Å². The van der Waals surface area contributed by atoms with E-state index in [0.29, 0.717) is 12.2 Å². The Balaban J connectivity index is 1.48. The van der Waals surface area contributed by atoms with Crippen molar-refractivity contribution >= 4 is 69.1 Å². The Morgan fingerprint density at radius 3 is 2.41 bits per heavy atom. The number of amides is 2. The highest BCUT2D eigenvalue weighted by atomic mass is 32.2. The van der Waals surface area contributed by atoms with E-state index in [1.165, 1.54) is 13.8 Å². The van der Waals surface area contributed by atoms with Crippen molar-refractivity contribution < 1.29 is 80.5 Å². The normalized spacial score (nSPS) is 22.2. The maximum absolute atomic E-state index is 12.7. The van der Waals surface area contributed by atoms with E-state index in [-0.39, 0.29) is 41.6 Å². The number of hydrogen-bond acceptors (Lipinski definition) is 19. The Kier molecular flexibility index (Phi) is 17.5. The molecular formula is C27H47N8O17P3S. The summed E-state index contributed by atoms with van der Waals surface area (Å²) in [6.07, 6.45) is -4.63. The number of hydrogen-bond donors (Lipinski definition) is 10. The van der Waals surface area contributed by atoms with Gasteiger partial charge in [0.1, 0.15) is 36.3 Å². The fourth-order valence-electron chi connectivity index (χ4n) is 4.93. The number of aliphatic hydroxyl groups is 2. The first kappa shape index (κ1) is 47.9. The number of nitrogens with two attached hydrogens (primary N) is 2. The molecule has 1 aliphatic heterocycles. The van der Waals surface area contributed by atoms with E-state index in [1.807, 2.05) is 6.92 Å². The number of aliphatic hydroxyl groups excluding tert-OH is 2. The lowest BCUT2D eigenvalue weighted by Crippen LogP contribution is -2.46. The molecule has 0 aromatic carbocycles. The third kappa shape index (κ3) is 14.4. The molecule has 2 aromatic rings. The lowest BCUT2D eigenvalue weighted by Gasteiger charge is -2.30. The minimum atomic E-state index is -5.57. The summed E-state index contributed by atoms with van der Waals surface area (Å²) in [4.78, 5) is 87.6. The van der Waals surface area contributed by atoms with E-state index in [9.17, 15) is 57.9 Å². The average Bonchev–Trinajstić information content (AvgIpc) is 3.66. The highest BCUT2D eigenvalue weighted by Gasteiger charge is 2.50. The van der Waals surface area contributed by atoms with Gasteiger partial charge in [0.15, 0.2) is 17.7 Å². The van der Waals surface area contributed by atoms with E-state index in [2.05, 4.69) is 34.4 Å². The van der Waals surface area contributed by atoms with Crippen molar-refractivity contribution in [2.75, 3.05) is 37.8 Å². The number of ether oxygens (including phenoxy) is 1. The van der Waals surface area contributed by atoms with E-state index in [4.69, 9.17) is 25.3 Å². The molecule has 0 saturated carbocycles. The summed E-state index contributed by atoms with van der Waals surface area (Å²) in [6.45, 7) is 2.42. The Bertz CT molecular complexity index is 1820. The van der Waals surface area contributed by atoms with Crippen LogP contribution in [-0.2, 0) is 50.7 Å². The number of anilines is 1. The van der Waals surface area contributed by atoms with Crippen molar-refractivity contribution in [1.29, 1.82) is 0 Å². The van der Waals surface area contributed by atoms with E-state index in [1.54, 1.807) is 0 Å². The zero-order valence-electron chi connectivity index (χ0n) is 30.4. The Morgan fingerprint density at radius 2 is 1.75 bits per heavy atom. The van der Waals surface area contributed by atoms with Crippen molar-refractivity contribution in [2.45, 2.75) is 83.1 Å². The van der Waals surface area contributed by atoms with Gasteiger partial charge in [-0.05, 0) is 6.42 Å². The smallest absolute Gasteiger partial charge is 0.386 e. The maximum Gasteiger partial charge on any atom is 0.481 e. The quantitative estimate of drug-likeness (QED) is 0.0481. The number of phosphoric acid groups is 3. The van der Waals surface area contributed by atoms with Crippen LogP contribution < -0.4 is 22.1 Å². The summed E-state index contributed by atoms with van der Waals surface area (Å²) < 4.78 is 62.1. The van der Waals surface area contributed by atoms with Gasteiger partial charge in [-0.15, -0.1) is 0 Å². The number of fused-ring (bicyclic) bond motifs is 1. The molecule has 1 aliphatic rings. The topological polar surface area (TPSA) is 390 Å². The summed E-state index contributed by atoms with van der Waals surface area (Å²) in [5.74, 6) is -1.18. The molecule has 0 radical (unpaired) electrons. The first-order chi connectivity index (χ1) is 26.0. The Hall–Kier alpha value is -2.48. The number of thioether (sulfide) groups is 1. The van der Waals surface area contributed by atoms with E-state index in [0.717, 1.165) is 41.8 Å². The third-order valence-corrected chi connectivity index (χ3v) is 12.0. The first-order valence-corrected chi connectivity index (χ1v) is 22.3. The second-order valence-corrected chi connectivity index (χ2v) is 18.3. The van der Waals surface area contributed by atoms with Crippen LogP contribution in [0.1, 0.15) is 52.7 Å². The summed E-state index contributed by atoms with van der Waals surface area (Å²) in [5, 5.41) is 26.2. The molecule has 0 spiro atoms. The monoisotopic (exact) mass is 880 g/mol. The van der Waals surface area contributed by atoms with Crippen molar-refractivity contribution in [3.8, 4) is 0 Å². The molecule has 0 aliphatic carbocycles. The molecule has 25 nitrogen and oxygen atoms in total. The number of rotatable bonds is 23. The second kappa shape index (κ2) is 20.5. The molecular weight excluding hydrogens is 833 g/mol. The van der Waals surface area contributed by atoms with Gasteiger partial charge in [-0.3, -0.25) is 32.5 Å². The SMILES string of the molecule is CCCCC(N)C(=O)SCCNC(=O)CCNC(=O)C(O)C(C)(C)COP(=O)(O)OP(=O)(O)OCC1OC(n2cnc3c(N)ncnc32)C(O)C1OP(=O)(O)O. The van der Waals surface area contributed by atoms with Crippen LogP contribution >= 0.6 is 35.2 Å². The number of nitrogens with one attached hydrogen (secondary N) is 2. The van der Waals surface area contributed by atoms with Gasteiger partial charge in [-0.2, -0.15) is 4.31 Å². The van der Waals surface area contributed by atoms with Gasteiger partial charge in [-0.25, -0.2) is 28.6 Å². The molecule has 56 heavy (non-hydrogen) atoms. The van der Waals surface area contributed by atoms with Crippen LogP contribution in [0.15, 0.2) is 12.7 Å². The standard InChI is InChI=1S/C27H47N8O17P3S/c1-4-5-6-15(28)26(40)56-10-9-30-17(36)7-8-31-24(39)21(38)27(2,3)12-49-55(46,47)52-54(44,45)48-11-16-20(51-53(41,42)43)19(37)25(50-16)35-14-34-18-22(29)32-13-33-23(18)35/h13-16,19-21,25,37-38H,4-12,28H2,1-3H3,(H,30,36)(H,31,39)(H,44,45)(H,46,47)(H2,29,32,33)(H2,41,42,43). The van der Waals surface area contributed by atoms with Gasteiger partial charge in [0.25, 0.3) is 0 Å². The molecule has 0 bridgehead atoms. The number of carbonyl (C=O) groups excluding carboxylic acids is 3. The minimum Gasteiger partial charge on any atom is -0.386 e. The van der Waals surface area contributed by atoms with Crippen molar-refractivity contribution in [3.63, 3.8) is 0 Å². The lowest BCUT2D eigenvalue weighted by atomic mass is 9.87. The first-order valence-electron chi connectivity index (χ1n) is 16.8. The second-order valence-electron chi connectivity index (χ2n) is 13.0. The minimum absolute atomic E-state index is 0.0289. The number of nitrogen functional groups attached to an aromatic ring is 1. The lowest BCUT2D eigenvalue weighted by molar-refractivity contribution is -0.137. The maximum atomic E-state index is 12.7. The predicted octanol–water partition coefficient (Wildman–Crippen LogP) is -0.818. The summed E-state index contributed by atoms with van der Waals surface area (Å²) >= 11 is 1.00. The number of phosphoric ester groups is 3. The zero-order chi connectivity index (χ0) is 42.1. The molecule has 8 unspecified atom stereocenters. The van der Waals surface area contributed by atoms with Gasteiger partial charge < -0.3 is 56.6 Å². The highest BCUT2D eigenvalue weighted by molar-refractivity contribution is 8.13. The molecule has 318 valence electrons. The van der Waals surface area contributed by atoms with Crippen LogP contribution in [0.3, 0.4) is 0 Å². The number of aromatic nitrogens is 4. The Labute approximate surface area is 324 Å². The van der Waals surface area contributed by atoms with E-state index >= 15 is 0 Å². The largest absolute Gasteiger partial charge is 0.481 e. The van der Waals surface area contributed by atoms with Gasteiger partial charge in [-0.1, -0.05) is 45.4 Å². The highest BCUT2D eigenvalue weighted by Crippen LogP contribution is 2.61. The molecule has 3 heterocycles. The zero-order valence-corrected chi connectivity index (χ0v) is 33.8. The number of unbranched alkanes of at least 4 members (excludes halogenated alkanes) is 1. The van der Waals surface area contributed by atoms with Crippen LogP contribution in [0.5, 0.6) is 0 Å².